The van der Waals surface area contributed by atoms with E-state index >= 15 is 0 Å². The smallest absolute Gasteiger partial charge is 0.252 e. The number of aromatic nitrogens is 3. The number of hydrogen-bond acceptors (Lipinski definition) is 1. The SMILES string of the molecule is Cc1ccc2c3nc(C)cc(C)c3c3n(c2c1)c1ccccc1[n+]3C. The van der Waals surface area contributed by atoms with Crippen molar-refractivity contribution in [3.8, 4) is 0 Å². The Bertz CT molecular complexity index is 1330. The van der Waals surface area contributed by atoms with Gasteiger partial charge < -0.3 is 0 Å². The van der Waals surface area contributed by atoms with Crippen molar-refractivity contribution >= 4 is 38.5 Å². The minimum Gasteiger partial charge on any atom is -0.252 e. The molecule has 3 heterocycles. The molecule has 0 aliphatic heterocycles. The van der Waals surface area contributed by atoms with Crippen molar-refractivity contribution in [2.45, 2.75) is 20.8 Å². The van der Waals surface area contributed by atoms with Crippen LogP contribution in [0.3, 0.4) is 0 Å². The van der Waals surface area contributed by atoms with Gasteiger partial charge >= 0.3 is 0 Å². The maximum absolute atomic E-state index is 4.93. The van der Waals surface area contributed by atoms with E-state index in [1.54, 1.807) is 0 Å². The van der Waals surface area contributed by atoms with E-state index in [1.807, 2.05) is 0 Å². The molecule has 0 saturated carbocycles. The molecule has 5 rings (SSSR count). The highest BCUT2D eigenvalue weighted by Crippen LogP contribution is 2.32. The molecule has 3 aromatic heterocycles. The highest BCUT2D eigenvalue weighted by Gasteiger charge is 2.24. The van der Waals surface area contributed by atoms with Crippen molar-refractivity contribution < 1.29 is 4.57 Å². The fourth-order valence-corrected chi connectivity index (χ4v) is 4.18. The van der Waals surface area contributed by atoms with Gasteiger partial charge in [0.25, 0.3) is 5.65 Å². The van der Waals surface area contributed by atoms with Crippen LogP contribution in [0.1, 0.15) is 16.8 Å². The highest BCUT2D eigenvalue weighted by molar-refractivity contribution is 6.11. The minimum absolute atomic E-state index is 1.06. The summed E-state index contributed by atoms with van der Waals surface area (Å²) in [5.74, 6) is 0. The summed E-state index contributed by atoms with van der Waals surface area (Å²) in [6.45, 7) is 6.41. The normalized spacial score (nSPS) is 12.0. The lowest BCUT2D eigenvalue weighted by Gasteiger charge is -2.08. The second-order valence-electron chi connectivity index (χ2n) is 7.03. The van der Waals surface area contributed by atoms with Crippen LogP contribution in [0.2, 0.25) is 0 Å². The highest BCUT2D eigenvalue weighted by atomic mass is 15.1. The maximum Gasteiger partial charge on any atom is 0.297 e. The number of benzene rings is 2. The van der Waals surface area contributed by atoms with Gasteiger partial charge in [-0.15, -0.1) is 0 Å². The van der Waals surface area contributed by atoms with Gasteiger partial charge in [-0.05, 0) is 62.2 Å². The van der Waals surface area contributed by atoms with E-state index in [-0.39, 0.29) is 0 Å². The fourth-order valence-electron chi connectivity index (χ4n) is 4.18. The molecule has 0 saturated heterocycles. The zero-order valence-electron chi connectivity index (χ0n) is 15.0. The lowest BCUT2D eigenvalue weighted by molar-refractivity contribution is -0.617. The molecule has 122 valence electrons. The van der Waals surface area contributed by atoms with Crippen molar-refractivity contribution in [1.82, 2.24) is 9.38 Å². The summed E-state index contributed by atoms with van der Waals surface area (Å²) in [7, 11) is 2.15. The first-order valence-corrected chi connectivity index (χ1v) is 8.66. The molecule has 0 spiro atoms. The first kappa shape index (κ1) is 14.4. The van der Waals surface area contributed by atoms with Crippen LogP contribution in [-0.4, -0.2) is 9.38 Å². The van der Waals surface area contributed by atoms with Gasteiger partial charge in [0.1, 0.15) is 5.52 Å². The molecule has 0 aliphatic rings. The lowest BCUT2D eigenvalue weighted by Crippen LogP contribution is -2.27. The van der Waals surface area contributed by atoms with E-state index in [4.69, 9.17) is 4.98 Å². The molecule has 3 nitrogen and oxygen atoms in total. The third-order valence-corrected chi connectivity index (χ3v) is 5.23. The van der Waals surface area contributed by atoms with Gasteiger partial charge in [-0.2, -0.15) is 4.40 Å². The molecular weight excluding hydrogens is 306 g/mol. The van der Waals surface area contributed by atoms with Crippen LogP contribution in [0.5, 0.6) is 0 Å². The summed E-state index contributed by atoms with van der Waals surface area (Å²) in [6.07, 6.45) is 0. The summed E-state index contributed by atoms with van der Waals surface area (Å²) >= 11 is 0. The number of fused-ring (bicyclic) bond motifs is 8. The number of rotatable bonds is 0. The Morgan fingerprint density at radius 2 is 1.72 bits per heavy atom. The number of hydrogen-bond donors (Lipinski definition) is 0. The number of aryl methyl sites for hydroxylation is 4. The molecule has 0 unspecified atom stereocenters. The number of imidazole rings is 1. The van der Waals surface area contributed by atoms with E-state index in [0.29, 0.717) is 0 Å². The largest absolute Gasteiger partial charge is 0.297 e. The first-order chi connectivity index (χ1) is 12.1. The van der Waals surface area contributed by atoms with E-state index < -0.39 is 0 Å². The Balaban J connectivity index is 2.27. The van der Waals surface area contributed by atoms with Gasteiger partial charge in [0.2, 0.25) is 0 Å². The van der Waals surface area contributed by atoms with Crippen LogP contribution >= 0.6 is 0 Å². The summed E-state index contributed by atoms with van der Waals surface area (Å²) in [4.78, 5) is 4.93. The molecular formula is C22H20N3+. The standard InChI is InChI=1S/C22H20N3/c1-13-9-10-16-19(11-13)25-18-8-6-5-7-17(18)24(4)22(25)20-14(2)12-15(3)23-21(16)20/h5-12H,1-4H3/q+1. The number of nitrogens with zero attached hydrogens (tertiary/aromatic N) is 3. The Morgan fingerprint density at radius 3 is 2.56 bits per heavy atom. The Labute approximate surface area is 146 Å². The molecule has 0 bridgehead atoms. The second kappa shape index (κ2) is 4.79. The molecule has 0 atom stereocenters. The molecule has 2 aromatic carbocycles. The van der Waals surface area contributed by atoms with Gasteiger partial charge in [-0.25, -0.2) is 4.57 Å². The molecule has 0 fully saturated rings. The lowest BCUT2D eigenvalue weighted by atomic mass is 10.0. The average Bonchev–Trinajstić information content (AvgIpc) is 2.88. The molecule has 5 aromatic rings. The van der Waals surface area contributed by atoms with E-state index in [0.717, 1.165) is 11.2 Å². The Morgan fingerprint density at radius 1 is 0.920 bits per heavy atom. The quantitative estimate of drug-likeness (QED) is 0.302. The monoisotopic (exact) mass is 326 g/mol. The second-order valence-corrected chi connectivity index (χ2v) is 7.03. The summed E-state index contributed by atoms with van der Waals surface area (Å²) in [5, 5.41) is 2.45. The first-order valence-electron chi connectivity index (χ1n) is 8.66. The number of para-hydroxylation sites is 2. The zero-order valence-corrected chi connectivity index (χ0v) is 15.0. The van der Waals surface area contributed by atoms with Crippen LogP contribution in [0.4, 0.5) is 0 Å². The predicted octanol–water partition coefficient (Wildman–Crippen LogP) is 4.54. The van der Waals surface area contributed by atoms with Crippen LogP contribution in [0.15, 0.2) is 48.5 Å². The van der Waals surface area contributed by atoms with Crippen molar-refractivity contribution in [3.05, 3.63) is 65.4 Å². The molecule has 0 aliphatic carbocycles. The van der Waals surface area contributed by atoms with Crippen LogP contribution in [-0.2, 0) is 7.05 Å². The summed E-state index contributed by atoms with van der Waals surface area (Å²) in [6, 6.07) is 17.5. The maximum atomic E-state index is 4.93. The van der Waals surface area contributed by atoms with Crippen molar-refractivity contribution in [3.63, 3.8) is 0 Å². The molecule has 3 heteroatoms. The van der Waals surface area contributed by atoms with Gasteiger partial charge in [0.05, 0.1) is 18.0 Å². The van der Waals surface area contributed by atoms with Gasteiger partial charge in [-0.1, -0.05) is 18.2 Å². The Kier molecular flexibility index (Phi) is 2.76. The third kappa shape index (κ3) is 1.81. The van der Waals surface area contributed by atoms with Crippen molar-refractivity contribution in [2.75, 3.05) is 0 Å². The van der Waals surface area contributed by atoms with E-state index in [9.17, 15) is 0 Å². The third-order valence-electron chi connectivity index (χ3n) is 5.23. The average molecular weight is 326 g/mol. The summed E-state index contributed by atoms with van der Waals surface area (Å²) < 4.78 is 4.69. The van der Waals surface area contributed by atoms with Crippen LogP contribution in [0, 0.1) is 20.8 Å². The fraction of sp³-hybridized carbons (Fsp3) is 0.182. The van der Waals surface area contributed by atoms with Crippen LogP contribution in [0.25, 0.3) is 38.5 Å². The summed E-state index contributed by atoms with van der Waals surface area (Å²) in [5.41, 5.74) is 9.59. The Hall–Kier alpha value is -2.94. The van der Waals surface area contributed by atoms with E-state index in [2.05, 4.69) is 85.3 Å². The molecule has 0 N–H and O–H groups in total. The zero-order chi connectivity index (χ0) is 17.3. The van der Waals surface area contributed by atoms with Crippen molar-refractivity contribution in [2.24, 2.45) is 7.05 Å². The molecule has 0 radical (unpaired) electrons. The predicted molar refractivity (Wildman–Crippen MR) is 103 cm³/mol. The van der Waals surface area contributed by atoms with E-state index in [1.165, 1.54) is 44.1 Å². The topological polar surface area (TPSA) is 21.2 Å². The van der Waals surface area contributed by atoms with Gasteiger partial charge in [-0.3, -0.25) is 4.98 Å². The number of pyridine rings is 2. The van der Waals surface area contributed by atoms with Gasteiger partial charge in [0, 0.05) is 11.1 Å². The minimum atomic E-state index is 1.06. The molecule has 25 heavy (non-hydrogen) atoms. The van der Waals surface area contributed by atoms with Gasteiger partial charge in [0.15, 0.2) is 11.0 Å². The molecule has 0 amide bonds. The van der Waals surface area contributed by atoms with Crippen molar-refractivity contribution in [1.29, 1.82) is 0 Å². The van der Waals surface area contributed by atoms with Crippen LogP contribution < -0.4 is 4.57 Å².